The number of nitrogens with one attached hydrogen (secondary N) is 1. The van der Waals surface area contributed by atoms with Crippen molar-refractivity contribution in [3.05, 3.63) is 59.3 Å². The molecule has 2 amide bonds. The zero-order valence-electron chi connectivity index (χ0n) is 19.5. The van der Waals surface area contributed by atoms with Gasteiger partial charge in [0.15, 0.2) is 11.5 Å². The molecule has 7 heteroatoms. The molecular weight excluding hydrogens is 370 g/mol. The van der Waals surface area contributed by atoms with Crippen molar-refractivity contribution in [2.24, 2.45) is 0 Å². The molecule has 1 saturated heterocycles. The van der Waals surface area contributed by atoms with E-state index in [2.05, 4.69) is 4.98 Å². The Labute approximate surface area is 172 Å². The number of piperazine rings is 1. The first-order valence-electron chi connectivity index (χ1n) is 11.2. The third-order valence-electron chi connectivity index (χ3n) is 5.55. The van der Waals surface area contributed by atoms with Gasteiger partial charge >= 0.3 is 0 Å². The molecule has 29 heavy (non-hydrogen) atoms. The van der Waals surface area contributed by atoms with Crippen LogP contribution in [0, 0.1) is 0 Å². The third kappa shape index (κ3) is 2.24. The van der Waals surface area contributed by atoms with Gasteiger partial charge in [0.1, 0.15) is 6.02 Å². The average molecular weight is 393 g/mol. The molecule has 4 heterocycles. The molecule has 0 bridgehead atoms. The van der Waals surface area contributed by atoms with E-state index < -0.39 is 30.3 Å². The van der Waals surface area contributed by atoms with E-state index in [4.69, 9.17) is 12.2 Å². The van der Waals surface area contributed by atoms with Crippen molar-refractivity contribution < 1.29 is 24.5 Å². The number of hydrogen-bond donors (Lipinski definition) is 1. The largest absolute Gasteiger partial charge is 0.454 e. The molecule has 0 unspecified atom stereocenters. The van der Waals surface area contributed by atoms with Crippen molar-refractivity contribution in [3.63, 3.8) is 0 Å². The Morgan fingerprint density at radius 3 is 2.90 bits per heavy atom. The van der Waals surface area contributed by atoms with Gasteiger partial charge in [-0.15, -0.1) is 0 Å². The molecule has 0 saturated carbocycles. The number of aromatic amines is 1. The molecule has 1 aromatic heterocycles. The maximum absolute atomic E-state index is 13.5. The van der Waals surface area contributed by atoms with Crippen LogP contribution >= 0.6 is 0 Å². The molecule has 3 aliphatic rings. The molecule has 0 aliphatic carbocycles. The molecule has 1 fully saturated rings. The van der Waals surface area contributed by atoms with E-state index in [1.807, 2.05) is 24.3 Å². The minimum Gasteiger partial charge on any atom is -0.454 e. The maximum atomic E-state index is 13.5. The number of amides is 2. The molecule has 7 nitrogen and oxygen atoms in total. The van der Waals surface area contributed by atoms with Crippen LogP contribution < -0.4 is 9.47 Å². The van der Waals surface area contributed by atoms with E-state index in [1.165, 1.54) is 7.05 Å². The second-order valence-corrected chi connectivity index (χ2v) is 7.18. The number of rotatable bonds is 1. The van der Waals surface area contributed by atoms with E-state index in [-0.39, 0.29) is 18.8 Å². The number of para-hydroxylation sites is 1. The molecule has 3 aromatic rings. The lowest BCUT2D eigenvalue weighted by Gasteiger charge is -2.46. The van der Waals surface area contributed by atoms with Crippen LogP contribution in [-0.2, 0) is 16.0 Å². The SMILES string of the molecule is [2H]C1([2H])C(=O)N2[C@]([2H])(c3ccc4c(c3)OCO4)c3[nH]c4ccccc4c3C[C@]2([2H])C(=O)N1C. The van der Waals surface area contributed by atoms with Crippen LogP contribution in [0.15, 0.2) is 42.5 Å². The Bertz CT molecular complexity index is 1370. The van der Waals surface area contributed by atoms with Crippen molar-refractivity contribution in [1.29, 1.82) is 0 Å². The van der Waals surface area contributed by atoms with Crippen LogP contribution in [0.5, 0.6) is 11.5 Å². The maximum Gasteiger partial charge on any atom is 0.245 e. The number of carbonyl (C=O) groups excluding carboxylic acids is 2. The monoisotopic (exact) mass is 393 g/mol. The number of nitrogens with zero attached hydrogens (tertiary/aromatic N) is 2. The van der Waals surface area contributed by atoms with Crippen LogP contribution in [0.25, 0.3) is 10.9 Å². The van der Waals surface area contributed by atoms with Crippen molar-refractivity contribution in [1.82, 2.24) is 14.8 Å². The number of hydrogen-bond acceptors (Lipinski definition) is 4. The van der Waals surface area contributed by atoms with Crippen molar-refractivity contribution in [2.75, 3.05) is 20.3 Å². The van der Waals surface area contributed by atoms with E-state index in [0.717, 1.165) is 10.3 Å². The van der Waals surface area contributed by atoms with E-state index in [0.29, 0.717) is 33.2 Å². The van der Waals surface area contributed by atoms with E-state index >= 15 is 0 Å². The van der Waals surface area contributed by atoms with Gasteiger partial charge < -0.3 is 24.3 Å². The average Bonchev–Trinajstić information content (AvgIpc) is 3.41. The summed E-state index contributed by atoms with van der Waals surface area (Å²) in [5.41, 5.74) is 1.82. The van der Waals surface area contributed by atoms with Crippen LogP contribution in [0.3, 0.4) is 0 Å². The summed E-state index contributed by atoms with van der Waals surface area (Å²) in [6, 6.07) is 7.71. The van der Waals surface area contributed by atoms with E-state index in [1.54, 1.807) is 18.2 Å². The summed E-state index contributed by atoms with van der Waals surface area (Å²) in [6.07, 6.45) is -0.178. The number of ether oxygens (including phenoxy) is 2. The van der Waals surface area contributed by atoms with Crippen LogP contribution in [0.1, 0.15) is 28.3 Å². The predicted molar refractivity (Wildman–Crippen MR) is 105 cm³/mol. The van der Waals surface area contributed by atoms with Gasteiger partial charge in [-0.05, 0) is 29.3 Å². The van der Waals surface area contributed by atoms with Gasteiger partial charge in [0.2, 0.25) is 18.6 Å². The number of aromatic nitrogens is 1. The first-order valence-corrected chi connectivity index (χ1v) is 9.23. The number of benzene rings is 2. The van der Waals surface area contributed by atoms with Gasteiger partial charge in [-0.2, -0.15) is 0 Å². The Morgan fingerprint density at radius 2 is 2.00 bits per heavy atom. The van der Waals surface area contributed by atoms with Crippen molar-refractivity contribution >= 4 is 22.7 Å². The minimum absolute atomic E-state index is 0.0122. The highest BCUT2D eigenvalue weighted by Gasteiger charge is 2.47. The van der Waals surface area contributed by atoms with Crippen molar-refractivity contribution in [2.45, 2.75) is 18.5 Å². The molecule has 1 N–H and O–H groups in total. The summed E-state index contributed by atoms with van der Waals surface area (Å²) in [4.78, 5) is 31.6. The molecule has 2 atom stereocenters. The van der Waals surface area contributed by atoms with Gasteiger partial charge in [-0.25, -0.2) is 0 Å². The molecule has 0 spiro atoms. The van der Waals surface area contributed by atoms with Gasteiger partial charge in [-0.3, -0.25) is 9.59 Å². The fraction of sp³-hybridized carbons (Fsp3) is 0.273. The summed E-state index contributed by atoms with van der Waals surface area (Å²) in [5.74, 6) is -1.17. The lowest BCUT2D eigenvalue weighted by Crippen LogP contribution is -2.62. The molecule has 0 radical (unpaired) electrons. The number of carbonyl (C=O) groups is 2. The highest BCUT2D eigenvalue weighted by Crippen LogP contribution is 2.44. The fourth-order valence-electron chi connectivity index (χ4n) is 4.23. The summed E-state index contributed by atoms with van der Waals surface area (Å²) >= 11 is 0. The Balaban J connectivity index is 1.70. The zero-order chi connectivity index (χ0) is 23.3. The van der Waals surface area contributed by atoms with Crippen LogP contribution in [-0.4, -0.2) is 53.0 Å². The lowest BCUT2D eigenvalue weighted by atomic mass is 9.86. The Morgan fingerprint density at radius 1 is 1.17 bits per heavy atom. The number of fused-ring (bicyclic) bond motifs is 5. The van der Waals surface area contributed by atoms with Gasteiger partial charge in [0.05, 0.1) is 18.0 Å². The molecule has 146 valence electrons. The second kappa shape index (κ2) is 5.76. The van der Waals surface area contributed by atoms with Crippen molar-refractivity contribution in [3.8, 4) is 11.5 Å². The van der Waals surface area contributed by atoms with Gasteiger partial charge in [-0.1, -0.05) is 24.3 Å². The quantitative estimate of drug-likeness (QED) is 0.688. The first-order chi connectivity index (χ1) is 15.6. The highest BCUT2D eigenvalue weighted by molar-refractivity contribution is 5.97. The zero-order valence-corrected chi connectivity index (χ0v) is 15.5. The summed E-state index contributed by atoms with van der Waals surface area (Å²) in [5, 5.41) is 0.743. The Hall–Kier alpha value is -3.48. The third-order valence-corrected chi connectivity index (χ3v) is 5.55. The summed E-state index contributed by atoms with van der Waals surface area (Å²) in [7, 11) is 1.17. The normalized spacial score (nSPS) is 31.6. The standard InChI is InChI=1S/C22H19N3O4/c1-24-10-19(26)25-16(22(24)27)9-14-13-4-2-3-5-15(13)23-20(14)21(25)12-6-7-17-18(8-12)29-11-28-17/h2-8,16,21,23H,9-11H2,1H3/t16-,21-/m1/s1/i10D2,16D,21D. The Kier molecular flexibility index (Phi) is 2.56. The second-order valence-electron chi connectivity index (χ2n) is 7.18. The smallest absolute Gasteiger partial charge is 0.245 e. The molecule has 3 aliphatic heterocycles. The number of H-pyrrole nitrogens is 1. The van der Waals surface area contributed by atoms with Crippen LogP contribution in [0.2, 0.25) is 0 Å². The lowest BCUT2D eigenvalue weighted by molar-refractivity contribution is -0.157. The molecule has 6 rings (SSSR count). The summed E-state index contributed by atoms with van der Waals surface area (Å²) < 4.78 is 46.3. The number of likely N-dealkylation sites (N-methyl/N-ethyl adjacent to an activating group) is 1. The van der Waals surface area contributed by atoms with E-state index in [9.17, 15) is 12.3 Å². The molecular formula is C22H19N3O4. The minimum atomic E-state index is -2.71. The summed E-state index contributed by atoms with van der Waals surface area (Å²) in [6.45, 7) is -2.70. The highest BCUT2D eigenvalue weighted by atomic mass is 16.7. The topological polar surface area (TPSA) is 74.9 Å². The first kappa shape index (κ1) is 12.9. The van der Waals surface area contributed by atoms with Gasteiger partial charge in [0, 0.05) is 30.1 Å². The predicted octanol–water partition coefficient (Wildman–Crippen LogP) is 2.21. The van der Waals surface area contributed by atoms with Gasteiger partial charge in [0.25, 0.3) is 0 Å². The van der Waals surface area contributed by atoms with Crippen LogP contribution in [0.4, 0.5) is 0 Å². The fourth-order valence-corrected chi connectivity index (χ4v) is 4.23. The molecule has 2 aromatic carbocycles.